The first-order valence-corrected chi connectivity index (χ1v) is 6.65. The van der Waals surface area contributed by atoms with Gasteiger partial charge in [-0.1, -0.05) is 6.42 Å². The number of nitrogens with zero attached hydrogens (tertiary/aromatic N) is 1. The van der Waals surface area contributed by atoms with Crippen molar-refractivity contribution in [1.82, 2.24) is 4.98 Å². The molecule has 0 spiro atoms. The number of hydrogen-bond donors (Lipinski definition) is 1. The number of aromatic nitrogens is 1. The summed E-state index contributed by atoms with van der Waals surface area (Å²) in [5, 5.41) is 3.28. The molecule has 19 heavy (non-hydrogen) atoms. The van der Waals surface area contributed by atoms with Crippen molar-refractivity contribution < 1.29 is 14.3 Å². The van der Waals surface area contributed by atoms with Crippen LogP contribution < -0.4 is 10.1 Å². The van der Waals surface area contributed by atoms with Crippen LogP contribution in [0.1, 0.15) is 32.6 Å². The molecule has 0 unspecified atom stereocenters. The third-order valence-electron chi connectivity index (χ3n) is 2.64. The Morgan fingerprint density at radius 3 is 2.79 bits per heavy atom. The highest BCUT2D eigenvalue weighted by molar-refractivity contribution is 5.69. The maximum atomic E-state index is 11.1. The lowest BCUT2D eigenvalue weighted by Gasteiger charge is -2.06. The number of carbonyl (C=O) groups excluding carboxylic acids is 1. The predicted molar refractivity (Wildman–Crippen MR) is 74.4 cm³/mol. The van der Waals surface area contributed by atoms with Crippen LogP contribution in [0.15, 0.2) is 18.3 Å². The average molecular weight is 266 g/mol. The standard InChI is InChI=1S/C14H22N2O3/c1-3-19-14(17)7-5-4-6-10-15-12-8-9-13(18-2)16-11-12/h8-9,11,15H,3-7,10H2,1-2H3. The summed E-state index contributed by atoms with van der Waals surface area (Å²) in [7, 11) is 1.60. The van der Waals surface area contributed by atoms with Gasteiger partial charge in [-0.15, -0.1) is 0 Å². The Morgan fingerprint density at radius 2 is 2.16 bits per heavy atom. The van der Waals surface area contributed by atoms with Gasteiger partial charge in [0.1, 0.15) is 0 Å². The number of hydrogen-bond acceptors (Lipinski definition) is 5. The van der Waals surface area contributed by atoms with Gasteiger partial charge >= 0.3 is 5.97 Å². The summed E-state index contributed by atoms with van der Waals surface area (Å²) in [4.78, 5) is 15.2. The number of rotatable bonds is 9. The lowest BCUT2D eigenvalue weighted by atomic mass is 10.2. The molecule has 0 aromatic carbocycles. The fourth-order valence-corrected chi connectivity index (χ4v) is 1.64. The Balaban J connectivity index is 2.05. The molecule has 0 aliphatic rings. The molecule has 0 radical (unpaired) electrons. The van der Waals surface area contributed by atoms with Crippen LogP contribution in [0, 0.1) is 0 Å². The molecule has 106 valence electrons. The van der Waals surface area contributed by atoms with E-state index in [2.05, 4.69) is 10.3 Å². The summed E-state index contributed by atoms with van der Waals surface area (Å²) in [5.41, 5.74) is 0.978. The molecule has 0 saturated carbocycles. The van der Waals surface area contributed by atoms with Gasteiger partial charge in [0.2, 0.25) is 5.88 Å². The summed E-state index contributed by atoms with van der Waals surface area (Å²) in [6, 6.07) is 3.76. The van der Waals surface area contributed by atoms with Crippen molar-refractivity contribution in [3.63, 3.8) is 0 Å². The molecular weight excluding hydrogens is 244 g/mol. The van der Waals surface area contributed by atoms with E-state index < -0.39 is 0 Å². The minimum atomic E-state index is -0.102. The summed E-state index contributed by atoms with van der Waals surface area (Å²) in [6.07, 6.45) is 5.16. The van der Waals surface area contributed by atoms with Gasteiger partial charge in [0.25, 0.3) is 0 Å². The quantitative estimate of drug-likeness (QED) is 0.550. The van der Waals surface area contributed by atoms with Crippen LogP contribution in [-0.4, -0.2) is 31.2 Å². The summed E-state index contributed by atoms with van der Waals surface area (Å²) in [5.74, 6) is 0.509. The lowest BCUT2D eigenvalue weighted by Crippen LogP contribution is -2.05. The van der Waals surface area contributed by atoms with E-state index in [1.165, 1.54) is 0 Å². The molecule has 0 fully saturated rings. The van der Waals surface area contributed by atoms with Crippen molar-refractivity contribution >= 4 is 11.7 Å². The summed E-state index contributed by atoms with van der Waals surface area (Å²) < 4.78 is 9.85. The highest BCUT2D eigenvalue weighted by Crippen LogP contribution is 2.11. The fourth-order valence-electron chi connectivity index (χ4n) is 1.64. The molecule has 0 bridgehead atoms. The van der Waals surface area contributed by atoms with E-state index in [0.717, 1.165) is 31.5 Å². The zero-order valence-corrected chi connectivity index (χ0v) is 11.6. The Hall–Kier alpha value is -1.78. The van der Waals surface area contributed by atoms with Gasteiger partial charge in [-0.2, -0.15) is 0 Å². The third kappa shape index (κ3) is 6.64. The second-order valence-electron chi connectivity index (χ2n) is 4.13. The normalized spacial score (nSPS) is 10.0. The Labute approximate surface area is 114 Å². The number of nitrogens with one attached hydrogen (secondary N) is 1. The maximum absolute atomic E-state index is 11.1. The number of anilines is 1. The lowest BCUT2D eigenvalue weighted by molar-refractivity contribution is -0.143. The first kappa shape index (κ1) is 15.3. The summed E-state index contributed by atoms with van der Waals surface area (Å²) >= 11 is 0. The van der Waals surface area contributed by atoms with E-state index >= 15 is 0 Å². The van der Waals surface area contributed by atoms with Crippen LogP contribution in [0.25, 0.3) is 0 Å². The van der Waals surface area contributed by atoms with E-state index in [9.17, 15) is 4.79 Å². The smallest absolute Gasteiger partial charge is 0.305 e. The van der Waals surface area contributed by atoms with E-state index in [0.29, 0.717) is 18.9 Å². The minimum absolute atomic E-state index is 0.102. The molecule has 0 saturated heterocycles. The molecule has 0 aliphatic heterocycles. The largest absolute Gasteiger partial charge is 0.481 e. The van der Waals surface area contributed by atoms with Gasteiger partial charge < -0.3 is 14.8 Å². The molecule has 1 N–H and O–H groups in total. The molecule has 0 atom stereocenters. The van der Waals surface area contributed by atoms with Crippen LogP contribution in [0.3, 0.4) is 0 Å². The predicted octanol–water partition coefficient (Wildman–Crippen LogP) is 2.63. The maximum Gasteiger partial charge on any atom is 0.305 e. The van der Waals surface area contributed by atoms with E-state index in [4.69, 9.17) is 9.47 Å². The number of ether oxygens (including phenoxy) is 2. The SMILES string of the molecule is CCOC(=O)CCCCCNc1ccc(OC)nc1. The molecule has 5 nitrogen and oxygen atoms in total. The Kier molecular flexibility index (Phi) is 7.39. The van der Waals surface area contributed by atoms with Crippen molar-refractivity contribution in [1.29, 1.82) is 0 Å². The highest BCUT2D eigenvalue weighted by atomic mass is 16.5. The molecule has 1 aromatic heterocycles. The zero-order valence-electron chi connectivity index (χ0n) is 11.6. The molecular formula is C14H22N2O3. The Bertz CT molecular complexity index is 365. The first-order chi connectivity index (χ1) is 9.26. The summed E-state index contributed by atoms with van der Waals surface area (Å²) in [6.45, 7) is 3.16. The van der Waals surface area contributed by atoms with Crippen molar-refractivity contribution in [2.75, 3.05) is 25.6 Å². The number of pyridine rings is 1. The van der Waals surface area contributed by atoms with Crippen molar-refractivity contribution in [3.8, 4) is 5.88 Å². The first-order valence-electron chi connectivity index (χ1n) is 6.65. The van der Waals surface area contributed by atoms with E-state index in [-0.39, 0.29) is 5.97 Å². The number of carbonyl (C=O) groups is 1. The van der Waals surface area contributed by atoms with Crippen LogP contribution in [0.2, 0.25) is 0 Å². The highest BCUT2D eigenvalue weighted by Gasteiger charge is 2.00. The molecule has 1 heterocycles. The fraction of sp³-hybridized carbons (Fsp3) is 0.571. The molecule has 0 amide bonds. The van der Waals surface area contributed by atoms with Gasteiger partial charge in [0.15, 0.2) is 0 Å². The zero-order chi connectivity index (χ0) is 13.9. The monoisotopic (exact) mass is 266 g/mol. The second-order valence-corrected chi connectivity index (χ2v) is 4.13. The van der Waals surface area contributed by atoms with Crippen LogP contribution in [-0.2, 0) is 9.53 Å². The van der Waals surface area contributed by atoms with Crippen molar-refractivity contribution in [2.45, 2.75) is 32.6 Å². The molecule has 1 aromatic rings. The van der Waals surface area contributed by atoms with E-state index in [1.54, 1.807) is 13.3 Å². The van der Waals surface area contributed by atoms with Crippen LogP contribution >= 0.6 is 0 Å². The second kappa shape index (κ2) is 9.19. The third-order valence-corrected chi connectivity index (χ3v) is 2.64. The van der Waals surface area contributed by atoms with Crippen LogP contribution in [0.4, 0.5) is 5.69 Å². The molecule has 0 aliphatic carbocycles. The van der Waals surface area contributed by atoms with Crippen molar-refractivity contribution in [3.05, 3.63) is 18.3 Å². The topological polar surface area (TPSA) is 60.5 Å². The number of unbranched alkanes of at least 4 members (excludes halogenated alkanes) is 2. The van der Waals surface area contributed by atoms with Gasteiger partial charge in [-0.3, -0.25) is 4.79 Å². The van der Waals surface area contributed by atoms with Gasteiger partial charge in [-0.25, -0.2) is 4.98 Å². The molecule has 5 heteroatoms. The van der Waals surface area contributed by atoms with Gasteiger partial charge in [-0.05, 0) is 25.8 Å². The van der Waals surface area contributed by atoms with E-state index in [1.807, 2.05) is 19.1 Å². The van der Waals surface area contributed by atoms with Gasteiger partial charge in [0, 0.05) is 19.0 Å². The van der Waals surface area contributed by atoms with Crippen LogP contribution in [0.5, 0.6) is 5.88 Å². The van der Waals surface area contributed by atoms with Crippen molar-refractivity contribution in [2.24, 2.45) is 0 Å². The number of methoxy groups -OCH3 is 1. The van der Waals surface area contributed by atoms with Gasteiger partial charge in [0.05, 0.1) is 25.6 Å². The number of esters is 1. The minimum Gasteiger partial charge on any atom is -0.481 e. The Morgan fingerprint density at radius 1 is 1.32 bits per heavy atom. The average Bonchev–Trinajstić information content (AvgIpc) is 2.43. The molecule has 1 rings (SSSR count).